The van der Waals surface area contributed by atoms with Crippen molar-refractivity contribution in [3.8, 4) is 9.75 Å². The topological polar surface area (TPSA) is 32.3 Å². The molecule has 0 atom stereocenters. The third-order valence-electron chi connectivity index (χ3n) is 7.30. The van der Waals surface area contributed by atoms with E-state index in [0.717, 1.165) is 17.7 Å². The van der Waals surface area contributed by atoms with Crippen molar-refractivity contribution in [1.82, 2.24) is 10.2 Å². The molecule has 3 nitrogen and oxygen atoms in total. The first-order valence-electron chi connectivity index (χ1n) is 11.9. The second kappa shape index (κ2) is 9.90. The lowest BCUT2D eigenvalue weighted by Crippen LogP contribution is -2.46. The number of carbonyl (C=O) groups excluding carboxylic acids is 1. The van der Waals surface area contributed by atoms with Crippen molar-refractivity contribution >= 4 is 28.6 Å². The van der Waals surface area contributed by atoms with Crippen LogP contribution in [0.25, 0.3) is 9.75 Å². The van der Waals surface area contributed by atoms with Crippen molar-refractivity contribution < 1.29 is 4.79 Å². The number of likely N-dealkylation sites (tertiary alicyclic amines) is 1. The fourth-order valence-corrected chi connectivity index (χ4v) is 7.22. The van der Waals surface area contributed by atoms with Crippen LogP contribution in [0, 0.1) is 6.92 Å². The van der Waals surface area contributed by atoms with Gasteiger partial charge in [0.1, 0.15) is 0 Å². The van der Waals surface area contributed by atoms with Crippen LogP contribution in [0.5, 0.6) is 0 Å². The van der Waals surface area contributed by atoms with E-state index in [0.29, 0.717) is 18.0 Å². The van der Waals surface area contributed by atoms with Gasteiger partial charge in [-0.15, -0.1) is 22.7 Å². The Bertz CT molecular complexity index is 1030. The van der Waals surface area contributed by atoms with Crippen LogP contribution in [0.15, 0.2) is 53.9 Å². The van der Waals surface area contributed by atoms with E-state index < -0.39 is 0 Å². The molecule has 1 saturated heterocycles. The quantitative estimate of drug-likeness (QED) is 0.455. The number of amides is 1. The minimum Gasteiger partial charge on any atom is -0.349 e. The van der Waals surface area contributed by atoms with Crippen LogP contribution in [0.2, 0.25) is 0 Å². The maximum Gasteiger partial charge on any atom is 0.261 e. The van der Waals surface area contributed by atoms with Gasteiger partial charge in [0.2, 0.25) is 0 Å². The summed E-state index contributed by atoms with van der Waals surface area (Å²) in [6.45, 7) is 4.67. The number of hydrogen-bond acceptors (Lipinski definition) is 4. The van der Waals surface area contributed by atoms with Crippen molar-refractivity contribution in [2.45, 2.75) is 63.5 Å². The van der Waals surface area contributed by atoms with Crippen LogP contribution in [-0.4, -0.2) is 36.0 Å². The number of aryl methyl sites for hydroxylation is 1. The molecule has 5 rings (SSSR count). The Morgan fingerprint density at radius 1 is 0.906 bits per heavy atom. The predicted octanol–water partition coefficient (Wildman–Crippen LogP) is 6.71. The SMILES string of the molecule is Cc1ccccc1C1CCN(C2CCC(NC(=O)c3ccc(-c4cccs4)s3)CC2)CC1. The van der Waals surface area contributed by atoms with Gasteiger partial charge in [-0.05, 0) is 99.2 Å². The van der Waals surface area contributed by atoms with Crippen LogP contribution in [0.3, 0.4) is 0 Å². The predicted molar refractivity (Wildman–Crippen MR) is 136 cm³/mol. The normalized spacial score (nSPS) is 22.7. The zero-order valence-electron chi connectivity index (χ0n) is 18.8. The summed E-state index contributed by atoms with van der Waals surface area (Å²) in [5.41, 5.74) is 2.99. The number of thiophene rings is 2. The van der Waals surface area contributed by atoms with Crippen molar-refractivity contribution in [3.63, 3.8) is 0 Å². The van der Waals surface area contributed by atoms with Crippen molar-refractivity contribution in [1.29, 1.82) is 0 Å². The van der Waals surface area contributed by atoms with Gasteiger partial charge in [-0.2, -0.15) is 0 Å². The Kier molecular flexibility index (Phi) is 6.77. The van der Waals surface area contributed by atoms with Crippen LogP contribution in [0.4, 0.5) is 0 Å². The molecule has 3 aromatic rings. The minimum absolute atomic E-state index is 0.0975. The van der Waals surface area contributed by atoms with Crippen LogP contribution in [-0.2, 0) is 0 Å². The summed E-state index contributed by atoms with van der Waals surface area (Å²) in [4.78, 5) is 18.7. The van der Waals surface area contributed by atoms with E-state index >= 15 is 0 Å². The Labute approximate surface area is 199 Å². The third-order valence-corrected chi connectivity index (χ3v) is 9.45. The summed E-state index contributed by atoms with van der Waals surface area (Å²) in [6, 6.07) is 18.1. The molecule has 1 amide bonds. The van der Waals surface area contributed by atoms with Gasteiger partial charge in [-0.3, -0.25) is 4.79 Å². The number of nitrogens with zero attached hydrogens (tertiary/aromatic N) is 1. The maximum atomic E-state index is 12.8. The van der Waals surface area contributed by atoms with E-state index in [9.17, 15) is 4.79 Å². The van der Waals surface area contributed by atoms with E-state index in [2.05, 4.69) is 65.0 Å². The van der Waals surface area contributed by atoms with Gasteiger partial charge >= 0.3 is 0 Å². The number of hydrogen-bond donors (Lipinski definition) is 1. The number of piperidine rings is 1. The summed E-state index contributed by atoms with van der Waals surface area (Å²) >= 11 is 3.32. The van der Waals surface area contributed by atoms with E-state index in [-0.39, 0.29) is 5.91 Å². The Morgan fingerprint density at radius 2 is 1.69 bits per heavy atom. The second-order valence-corrected chi connectivity index (χ2v) is 11.3. The lowest BCUT2D eigenvalue weighted by atomic mass is 9.84. The van der Waals surface area contributed by atoms with E-state index in [1.165, 1.54) is 54.1 Å². The largest absolute Gasteiger partial charge is 0.349 e. The fraction of sp³-hybridized carbons (Fsp3) is 0.444. The number of rotatable bonds is 5. The molecule has 1 saturated carbocycles. The molecule has 0 spiro atoms. The molecular weight excluding hydrogens is 432 g/mol. The first-order valence-corrected chi connectivity index (χ1v) is 13.6. The molecule has 0 unspecified atom stereocenters. The van der Waals surface area contributed by atoms with Gasteiger partial charge in [0, 0.05) is 21.8 Å². The summed E-state index contributed by atoms with van der Waals surface area (Å²) in [5.74, 6) is 0.813. The second-order valence-electron chi connectivity index (χ2n) is 9.29. The van der Waals surface area contributed by atoms with Crippen LogP contribution in [0.1, 0.15) is 65.2 Å². The molecule has 0 bridgehead atoms. The highest BCUT2D eigenvalue weighted by Crippen LogP contribution is 2.34. The minimum atomic E-state index is 0.0975. The summed E-state index contributed by atoms with van der Waals surface area (Å²) in [7, 11) is 0. The van der Waals surface area contributed by atoms with Crippen LogP contribution >= 0.6 is 22.7 Å². The Balaban J connectivity index is 1.09. The molecule has 1 N–H and O–H groups in total. The van der Waals surface area contributed by atoms with Gasteiger partial charge in [-0.25, -0.2) is 0 Å². The molecule has 5 heteroatoms. The van der Waals surface area contributed by atoms with E-state index in [4.69, 9.17) is 0 Å². The van der Waals surface area contributed by atoms with Crippen molar-refractivity contribution in [2.24, 2.45) is 0 Å². The highest BCUT2D eigenvalue weighted by Gasteiger charge is 2.30. The maximum absolute atomic E-state index is 12.8. The smallest absolute Gasteiger partial charge is 0.261 e. The number of nitrogens with one attached hydrogen (secondary N) is 1. The first-order chi connectivity index (χ1) is 15.7. The standard InChI is InChI=1S/C27H32N2OS2/c1-19-5-2-3-6-23(19)20-14-16-29(17-15-20)22-10-8-21(9-11-22)28-27(30)26-13-12-25(32-26)24-7-4-18-31-24/h2-7,12-13,18,20-22H,8-11,14-17H2,1H3,(H,28,30). The molecule has 2 fully saturated rings. The van der Waals surface area contributed by atoms with Crippen molar-refractivity contribution in [2.75, 3.05) is 13.1 Å². The van der Waals surface area contributed by atoms with Gasteiger partial charge in [0.25, 0.3) is 5.91 Å². The summed E-state index contributed by atoms with van der Waals surface area (Å²) in [5, 5.41) is 5.39. The summed E-state index contributed by atoms with van der Waals surface area (Å²) in [6.07, 6.45) is 7.13. The zero-order chi connectivity index (χ0) is 21.9. The zero-order valence-corrected chi connectivity index (χ0v) is 20.4. The molecule has 2 aromatic heterocycles. The molecule has 1 aliphatic carbocycles. The molecule has 3 heterocycles. The van der Waals surface area contributed by atoms with E-state index in [1.807, 2.05) is 6.07 Å². The average Bonchev–Trinajstić information content (AvgIpc) is 3.52. The van der Waals surface area contributed by atoms with Crippen molar-refractivity contribution in [3.05, 3.63) is 69.9 Å². The molecule has 1 aromatic carbocycles. The van der Waals surface area contributed by atoms with Gasteiger partial charge in [0.05, 0.1) is 4.88 Å². The number of carbonyl (C=O) groups is 1. The van der Waals surface area contributed by atoms with Crippen LogP contribution < -0.4 is 5.32 Å². The highest BCUT2D eigenvalue weighted by atomic mass is 32.1. The highest BCUT2D eigenvalue weighted by molar-refractivity contribution is 7.22. The Morgan fingerprint density at radius 3 is 2.41 bits per heavy atom. The Hall–Kier alpha value is -1.95. The van der Waals surface area contributed by atoms with Gasteiger partial charge in [-0.1, -0.05) is 30.3 Å². The monoisotopic (exact) mass is 464 g/mol. The molecule has 2 aliphatic rings. The molecular formula is C27H32N2OS2. The third kappa shape index (κ3) is 4.85. The average molecular weight is 465 g/mol. The molecule has 168 valence electrons. The first kappa shape index (κ1) is 21.9. The fourth-order valence-electron chi connectivity index (χ4n) is 5.47. The van der Waals surface area contributed by atoms with E-state index in [1.54, 1.807) is 28.2 Å². The molecule has 0 radical (unpaired) electrons. The van der Waals surface area contributed by atoms with Gasteiger partial charge in [0.15, 0.2) is 0 Å². The lowest BCUT2D eigenvalue weighted by Gasteiger charge is -2.41. The molecule has 32 heavy (non-hydrogen) atoms. The molecule has 1 aliphatic heterocycles. The number of benzene rings is 1. The van der Waals surface area contributed by atoms with Gasteiger partial charge < -0.3 is 10.2 Å². The summed E-state index contributed by atoms with van der Waals surface area (Å²) < 4.78 is 0. The lowest BCUT2D eigenvalue weighted by molar-refractivity contribution is 0.0882.